The molecular formula is C15H12S2. The molecule has 0 atom stereocenters. The van der Waals surface area contributed by atoms with Crippen LogP contribution in [0.5, 0.6) is 0 Å². The Balaban J connectivity index is 2.64. The molecule has 1 aromatic heterocycles. The van der Waals surface area contributed by atoms with Crippen LogP contribution in [0, 0.1) is 18.4 Å². The third-order valence-electron chi connectivity index (χ3n) is 3.01. The minimum absolute atomic E-state index is 0.987. The van der Waals surface area contributed by atoms with E-state index in [1.807, 2.05) is 11.3 Å². The van der Waals surface area contributed by atoms with Crippen molar-refractivity contribution in [1.82, 2.24) is 0 Å². The second-order valence-corrected chi connectivity index (χ2v) is 5.85. The third-order valence-corrected chi connectivity index (χ3v) is 4.77. The van der Waals surface area contributed by atoms with Crippen molar-refractivity contribution in [1.29, 1.82) is 0 Å². The molecule has 0 unspecified atom stereocenters. The molecule has 1 heterocycles. The monoisotopic (exact) mass is 256 g/mol. The van der Waals surface area contributed by atoms with Crippen LogP contribution in [-0.4, -0.2) is 0 Å². The third kappa shape index (κ3) is 1.68. The zero-order valence-electron chi connectivity index (χ0n) is 9.78. The van der Waals surface area contributed by atoms with Gasteiger partial charge in [0.25, 0.3) is 0 Å². The van der Waals surface area contributed by atoms with Crippen LogP contribution in [0.2, 0.25) is 0 Å². The molecule has 0 aliphatic heterocycles. The van der Waals surface area contributed by atoms with Gasteiger partial charge < -0.3 is 0 Å². The van der Waals surface area contributed by atoms with Gasteiger partial charge in [-0.2, -0.15) is 0 Å². The standard InChI is InChI=1S/C15H12S2/c1-9-7-10(2)15-12(8-9)14(16)11-5-3-4-6-13(11)17-15/h3-8H,1-2H3. The van der Waals surface area contributed by atoms with Crippen LogP contribution >= 0.6 is 23.6 Å². The van der Waals surface area contributed by atoms with E-state index in [-0.39, 0.29) is 0 Å². The van der Waals surface area contributed by atoms with Gasteiger partial charge in [-0.15, -0.1) is 11.3 Å². The highest BCUT2D eigenvalue weighted by Gasteiger charge is 2.05. The molecule has 0 nitrogen and oxygen atoms in total. The number of fused-ring (bicyclic) bond motifs is 2. The lowest BCUT2D eigenvalue weighted by Crippen LogP contribution is -1.82. The van der Waals surface area contributed by atoms with Crippen molar-refractivity contribution in [3.63, 3.8) is 0 Å². The fourth-order valence-corrected chi connectivity index (χ4v) is 3.86. The zero-order chi connectivity index (χ0) is 12.0. The van der Waals surface area contributed by atoms with E-state index in [4.69, 9.17) is 12.2 Å². The summed E-state index contributed by atoms with van der Waals surface area (Å²) in [5, 5.41) is 2.42. The normalized spacial score (nSPS) is 11.2. The fraction of sp³-hybridized carbons (Fsp3) is 0.133. The molecule has 2 aromatic carbocycles. The van der Waals surface area contributed by atoms with Crippen molar-refractivity contribution in [2.45, 2.75) is 13.8 Å². The van der Waals surface area contributed by atoms with Gasteiger partial charge in [0.2, 0.25) is 0 Å². The van der Waals surface area contributed by atoms with Crippen LogP contribution in [0.3, 0.4) is 0 Å². The molecule has 3 rings (SSSR count). The lowest BCUT2D eigenvalue weighted by Gasteiger charge is -2.06. The second-order valence-electron chi connectivity index (χ2n) is 4.39. The first kappa shape index (κ1) is 10.9. The Bertz CT molecular complexity index is 782. The Hall–Kier alpha value is -1.25. The van der Waals surface area contributed by atoms with E-state index in [0.717, 1.165) is 4.51 Å². The van der Waals surface area contributed by atoms with E-state index in [0.29, 0.717) is 0 Å². The highest BCUT2D eigenvalue weighted by atomic mass is 32.1. The number of hydrogen-bond donors (Lipinski definition) is 0. The molecule has 84 valence electrons. The summed E-state index contributed by atoms with van der Waals surface area (Å²) in [4.78, 5) is 0. The molecule has 0 aliphatic rings. The van der Waals surface area contributed by atoms with Crippen molar-refractivity contribution in [2.75, 3.05) is 0 Å². The van der Waals surface area contributed by atoms with Crippen LogP contribution in [0.4, 0.5) is 0 Å². The Kier molecular flexibility index (Phi) is 2.49. The molecule has 0 bridgehead atoms. The van der Waals surface area contributed by atoms with Gasteiger partial charge in [-0.3, -0.25) is 0 Å². The zero-order valence-corrected chi connectivity index (χ0v) is 11.4. The highest BCUT2D eigenvalue weighted by Crippen LogP contribution is 2.32. The van der Waals surface area contributed by atoms with E-state index in [2.05, 4.69) is 50.2 Å². The van der Waals surface area contributed by atoms with Crippen LogP contribution in [0.1, 0.15) is 11.1 Å². The number of rotatable bonds is 0. The van der Waals surface area contributed by atoms with Crippen LogP contribution in [0.25, 0.3) is 20.2 Å². The molecule has 3 aromatic rings. The van der Waals surface area contributed by atoms with Crippen molar-refractivity contribution in [3.8, 4) is 0 Å². The fourth-order valence-electron chi connectivity index (χ4n) is 2.26. The minimum atomic E-state index is 0.987. The molecule has 0 fully saturated rings. The molecule has 17 heavy (non-hydrogen) atoms. The van der Waals surface area contributed by atoms with Gasteiger partial charge in [0.15, 0.2) is 0 Å². The lowest BCUT2D eigenvalue weighted by molar-refractivity contribution is 1.44. The summed E-state index contributed by atoms with van der Waals surface area (Å²) in [6.07, 6.45) is 0. The van der Waals surface area contributed by atoms with Gasteiger partial charge in [0.05, 0.1) is 4.51 Å². The molecule has 2 heteroatoms. The molecule has 0 N–H and O–H groups in total. The molecule has 0 saturated carbocycles. The molecule has 0 saturated heterocycles. The minimum Gasteiger partial charge on any atom is -0.135 e. The average Bonchev–Trinajstić information content (AvgIpc) is 2.31. The summed E-state index contributed by atoms with van der Waals surface area (Å²) in [6, 6.07) is 12.8. The van der Waals surface area contributed by atoms with E-state index in [1.54, 1.807) is 0 Å². The topological polar surface area (TPSA) is 0 Å². The number of aryl methyl sites for hydroxylation is 2. The van der Waals surface area contributed by atoms with Crippen molar-refractivity contribution >= 4 is 43.7 Å². The summed E-state index contributed by atoms with van der Waals surface area (Å²) in [5.74, 6) is 0. The largest absolute Gasteiger partial charge is 0.135 e. The van der Waals surface area contributed by atoms with Crippen LogP contribution in [0.15, 0.2) is 36.4 Å². The quantitative estimate of drug-likeness (QED) is 0.383. The van der Waals surface area contributed by atoms with Gasteiger partial charge >= 0.3 is 0 Å². The van der Waals surface area contributed by atoms with Gasteiger partial charge in [0.1, 0.15) is 0 Å². The van der Waals surface area contributed by atoms with Gasteiger partial charge in [-0.05, 0) is 31.5 Å². The van der Waals surface area contributed by atoms with Gasteiger partial charge in [-0.25, -0.2) is 0 Å². The highest BCUT2D eigenvalue weighted by molar-refractivity contribution is 7.72. The Morgan fingerprint density at radius 3 is 2.59 bits per heavy atom. The number of benzene rings is 2. The maximum atomic E-state index is 5.62. The summed E-state index contributed by atoms with van der Waals surface area (Å²) in [7, 11) is 0. The van der Waals surface area contributed by atoms with E-state index < -0.39 is 0 Å². The predicted octanol–water partition coefficient (Wildman–Crippen LogP) is 5.40. The summed E-state index contributed by atoms with van der Waals surface area (Å²) in [6.45, 7) is 4.29. The molecular weight excluding hydrogens is 244 g/mol. The maximum absolute atomic E-state index is 5.62. The average molecular weight is 256 g/mol. The predicted molar refractivity (Wildman–Crippen MR) is 79.6 cm³/mol. The lowest BCUT2D eigenvalue weighted by atomic mass is 10.1. The van der Waals surface area contributed by atoms with Gasteiger partial charge in [-0.1, -0.05) is 42.0 Å². The first-order valence-electron chi connectivity index (χ1n) is 5.59. The van der Waals surface area contributed by atoms with E-state index in [9.17, 15) is 0 Å². The van der Waals surface area contributed by atoms with Crippen LogP contribution in [-0.2, 0) is 0 Å². The second kappa shape index (κ2) is 3.90. The summed E-state index contributed by atoms with van der Waals surface area (Å²) in [5.41, 5.74) is 2.60. The molecule has 0 aliphatic carbocycles. The first-order valence-corrected chi connectivity index (χ1v) is 6.82. The summed E-state index contributed by atoms with van der Waals surface area (Å²) >= 11 is 7.46. The van der Waals surface area contributed by atoms with Gasteiger partial charge in [0, 0.05) is 20.2 Å². The van der Waals surface area contributed by atoms with E-state index in [1.165, 1.54) is 31.3 Å². The summed E-state index contributed by atoms with van der Waals surface area (Å²) < 4.78 is 3.58. The Morgan fingerprint density at radius 2 is 1.76 bits per heavy atom. The molecule has 0 amide bonds. The van der Waals surface area contributed by atoms with Crippen molar-refractivity contribution in [3.05, 3.63) is 52.0 Å². The number of hydrogen-bond acceptors (Lipinski definition) is 2. The molecule has 0 spiro atoms. The Morgan fingerprint density at radius 1 is 1.00 bits per heavy atom. The van der Waals surface area contributed by atoms with Crippen molar-refractivity contribution in [2.24, 2.45) is 0 Å². The first-order chi connectivity index (χ1) is 8.16. The smallest absolute Gasteiger partial charge is 0.0550 e. The van der Waals surface area contributed by atoms with Crippen LogP contribution < -0.4 is 0 Å². The van der Waals surface area contributed by atoms with E-state index >= 15 is 0 Å². The SMILES string of the molecule is Cc1cc(C)c2sc3ccccc3c(=S)c2c1. The van der Waals surface area contributed by atoms with Crippen molar-refractivity contribution < 1.29 is 0 Å². The maximum Gasteiger partial charge on any atom is 0.0550 e. The Labute approximate surface area is 110 Å². The molecule has 0 radical (unpaired) electrons.